The zero-order chi connectivity index (χ0) is 16.4. The highest BCUT2D eigenvalue weighted by Gasteiger charge is 2.33. The number of hydrogen-bond acceptors (Lipinski definition) is 5. The second-order valence-electron chi connectivity index (χ2n) is 4.91. The molecule has 1 aliphatic heterocycles. The largest absolute Gasteiger partial charge is 0.295 e. The molecule has 1 aromatic carbocycles. The molecule has 0 N–H and O–H groups in total. The molecule has 1 aromatic heterocycles. The zero-order valence-electron chi connectivity index (χ0n) is 12.2. The minimum absolute atomic E-state index is 0.0526. The van der Waals surface area contributed by atoms with Gasteiger partial charge in [0.05, 0.1) is 10.6 Å². The van der Waals surface area contributed by atoms with Crippen molar-refractivity contribution in [3.8, 4) is 0 Å². The van der Waals surface area contributed by atoms with Gasteiger partial charge in [-0.15, -0.1) is 0 Å². The van der Waals surface area contributed by atoms with Crippen molar-refractivity contribution >= 4 is 51.8 Å². The summed E-state index contributed by atoms with van der Waals surface area (Å²) >= 11 is 6.57. The molecule has 2 aromatic rings. The molecule has 1 aliphatic rings. The summed E-state index contributed by atoms with van der Waals surface area (Å²) in [5, 5.41) is 0. The van der Waals surface area contributed by atoms with Crippen LogP contribution in [0.1, 0.15) is 22.8 Å². The van der Waals surface area contributed by atoms with E-state index < -0.39 is 0 Å². The van der Waals surface area contributed by atoms with E-state index in [1.165, 1.54) is 23.6 Å². The number of carbonyl (C=O) groups excluding carboxylic acids is 2. The smallest absolute Gasteiger partial charge is 0.270 e. The molecule has 114 valence electrons. The number of rotatable bonds is 3. The average Bonchev–Trinajstić information content (AvgIpc) is 2.82. The van der Waals surface area contributed by atoms with Gasteiger partial charge in [0.25, 0.3) is 5.91 Å². The number of ketones is 1. The van der Waals surface area contributed by atoms with Crippen LogP contribution in [0, 0.1) is 0 Å². The lowest BCUT2D eigenvalue weighted by Gasteiger charge is -2.15. The van der Waals surface area contributed by atoms with Gasteiger partial charge in [-0.25, -0.2) is 0 Å². The number of amides is 1. The van der Waals surface area contributed by atoms with E-state index in [9.17, 15) is 9.59 Å². The van der Waals surface area contributed by atoms with Crippen molar-refractivity contribution < 1.29 is 9.59 Å². The van der Waals surface area contributed by atoms with Gasteiger partial charge in [-0.05, 0) is 36.8 Å². The van der Waals surface area contributed by atoms with Crippen LogP contribution in [-0.2, 0) is 4.79 Å². The number of nitrogens with zero attached hydrogens (tertiary/aromatic N) is 2. The Hall–Kier alpha value is -2.31. The fourth-order valence-electron chi connectivity index (χ4n) is 2.17. The van der Waals surface area contributed by atoms with Crippen LogP contribution in [-0.4, -0.2) is 21.0 Å². The highest BCUT2D eigenvalue weighted by molar-refractivity contribution is 8.27. The molecule has 0 atom stereocenters. The van der Waals surface area contributed by atoms with Crippen LogP contribution in [0.2, 0.25) is 0 Å². The topological polar surface area (TPSA) is 50.3 Å². The Morgan fingerprint density at radius 2 is 2.13 bits per heavy atom. The maximum absolute atomic E-state index is 12.6. The van der Waals surface area contributed by atoms with E-state index in [1.54, 1.807) is 42.7 Å². The number of thioether (sulfide) groups is 1. The number of hydrogen-bond donors (Lipinski definition) is 0. The molecule has 0 spiro atoms. The molecule has 0 radical (unpaired) electrons. The predicted molar refractivity (Wildman–Crippen MR) is 96.3 cm³/mol. The van der Waals surface area contributed by atoms with Crippen molar-refractivity contribution in [3.63, 3.8) is 0 Å². The third-order valence-electron chi connectivity index (χ3n) is 3.29. The molecule has 3 rings (SSSR count). The summed E-state index contributed by atoms with van der Waals surface area (Å²) in [6.45, 7) is 1.49. The first-order chi connectivity index (χ1) is 11.1. The third kappa shape index (κ3) is 3.23. The molecule has 0 unspecified atom stereocenters. The lowest BCUT2D eigenvalue weighted by molar-refractivity contribution is -0.113. The van der Waals surface area contributed by atoms with E-state index >= 15 is 0 Å². The van der Waals surface area contributed by atoms with Gasteiger partial charge in [0.15, 0.2) is 10.1 Å². The number of thiocarbonyl (C=S) groups is 1. The Bertz CT molecular complexity index is 831. The van der Waals surface area contributed by atoms with Gasteiger partial charge in [0.2, 0.25) is 0 Å². The van der Waals surface area contributed by atoms with Crippen LogP contribution in [0.25, 0.3) is 6.08 Å². The van der Waals surface area contributed by atoms with Gasteiger partial charge in [-0.2, -0.15) is 0 Å². The van der Waals surface area contributed by atoms with Crippen molar-refractivity contribution in [2.75, 3.05) is 4.90 Å². The normalized spacial score (nSPS) is 16.2. The fourth-order valence-corrected chi connectivity index (χ4v) is 3.47. The minimum Gasteiger partial charge on any atom is -0.295 e. The summed E-state index contributed by atoms with van der Waals surface area (Å²) in [4.78, 5) is 30.2. The van der Waals surface area contributed by atoms with E-state index in [0.29, 0.717) is 20.5 Å². The van der Waals surface area contributed by atoms with Crippen LogP contribution in [0.4, 0.5) is 5.69 Å². The first kappa shape index (κ1) is 15.6. The number of pyridine rings is 1. The van der Waals surface area contributed by atoms with E-state index in [4.69, 9.17) is 12.2 Å². The molecular weight excluding hydrogens is 328 g/mol. The molecule has 0 bridgehead atoms. The van der Waals surface area contributed by atoms with Gasteiger partial charge in [0, 0.05) is 18.0 Å². The first-order valence-corrected chi connectivity index (χ1v) is 8.08. The van der Waals surface area contributed by atoms with Gasteiger partial charge < -0.3 is 0 Å². The zero-order valence-corrected chi connectivity index (χ0v) is 13.9. The van der Waals surface area contributed by atoms with E-state index in [0.717, 1.165) is 5.56 Å². The number of anilines is 1. The third-order valence-corrected chi connectivity index (χ3v) is 4.59. The Balaban J connectivity index is 1.95. The van der Waals surface area contributed by atoms with Crippen molar-refractivity contribution in [2.45, 2.75) is 6.92 Å². The van der Waals surface area contributed by atoms with Crippen LogP contribution in [0.15, 0.2) is 53.7 Å². The molecule has 1 fully saturated rings. The molecular formula is C17H12N2O2S2. The number of benzene rings is 1. The Morgan fingerprint density at radius 3 is 2.83 bits per heavy atom. The Labute approximate surface area is 143 Å². The van der Waals surface area contributed by atoms with E-state index in [2.05, 4.69) is 4.98 Å². The summed E-state index contributed by atoms with van der Waals surface area (Å²) in [6.07, 6.45) is 5.12. The highest BCUT2D eigenvalue weighted by Crippen LogP contribution is 2.36. The number of Topliss-reactive ketones (excluding diaryl/α,β-unsaturated/α-hetero) is 1. The molecule has 0 aliphatic carbocycles. The summed E-state index contributed by atoms with van der Waals surface area (Å²) in [7, 11) is 0. The summed E-state index contributed by atoms with van der Waals surface area (Å²) in [5.74, 6) is -0.243. The average molecular weight is 340 g/mol. The van der Waals surface area contributed by atoms with E-state index in [1.807, 2.05) is 12.1 Å². The highest BCUT2D eigenvalue weighted by atomic mass is 32.2. The van der Waals surface area contributed by atoms with Crippen molar-refractivity contribution in [1.29, 1.82) is 0 Å². The molecule has 1 saturated heterocycles. The molecule has 23 heavy (non-hydrogen) atoms. The van der Waals surface area contributed by atoms with Crippen molar-refractivity contribution in [2.24, 2.45) is 0 Å². The van der Waals surface area contributed by atoms with E-state index in [-0.39, 0.29) is 11.7 Å². The van der Waals surface area contributed by atoms with Crippen molar-refractivity contribution in [3.05, 3.63) is 64.8 Å². The van der Waals surface area contributed by atoms with Gasteiger partial charge in [-0.1, -0.05) is 42.2 Å². The lowest BCUT2D eigenvalue weighted by Crippen LogP contribution is -2.27. The Morgan fingerprint density at radius 1 is 1.30 bits per heavy atom. The second kappa shape index (κ2) is 6.44. The predicted octanol–water partition coefficient (Wildman–Crippen LogP) is 3.69. The minimum atomic E-state index is -0.190. The number of aromatic nitrogens is 1. The van der Waals surface area contributed by atoms with Gasteiger partial charge in [-0.3, -0.25) is 19.5 Å². The second-order valence-corrected chi connectivity index (χ2v) is 6.59. The fraction of sp³-hybridized carbons (Fsp3) is 0.0588. The quantitative estimate of drug-likeness (QED) is 0.484. The summed E-state index contributed by atoms with van der Waals surface area (Å²) in [6, 6.07) is 10.6. The van der Waals surface area contributed by atoms with Crippen LogP contribution in [0.3, 0.4) is 0 Å². The van der Waals surface area contributed by atoms with Crippen LogP contribution < -0.4 is 4.90 Å². The van der Waals surface area contributed by atoms with Crippen LogP contribution >= 0.6 is 24.0 Å². The van der Waals surface area contributed by atoms with Gasteiger partial charge in [0.1, 0.15) is 0 Å². The maximum Gasteiger partial charge on any atom is 0.270 e. The maximum atomic E-state index is 12.6. The van der Waals surface area contributed by atoms with Crippen LogP contribution in [0.5, 0.6) is 0 Å². The monoisotopic (exact) mass is 340 g/mol. The molecule has 1 amide bonds. The first-order valence-electron chi connectivity index (χ1n) is 6.85. The lowest BCUT2D eigenvalue weighted by atomic mass is 10.1. The van der Waals surface area contributed by atoms with Gasteiger partial charge >= 0.3 is 0 Å². The molecule has 6 heteroatoms. The van der Waals surface area contributed by atoms with Crippen molar-refractivity contribution in [1.82, 2.24) is 4.98 Å². The molecule has 2 heterocycles. The summed E-state index contributed by atoms with van der Waals surface area (Å²) in [5.41, 5.74) is 1.99. The summed E-state index contributed by atoms with van der Waals surface area (Å²) < 4.78 is 0.450. The Kier molecular flexibility index (Phi) is 4.36. The number of carbonyl (C=O) groups is 2. The molecule has 0 saturated carbocycles. The standard InChI is InChI=1S/C17H12N2O2S2/c1-11(20)13-5-2-6-14(9-13)19-16(21)15(23-17(19)22)8-12-4-3-7-18-10-12/h2-10H,1H3/b15-8+. The SMILES string of the molecule is CC(=O)c1cccc(N2C(=O)/C(=C\c3cccnc3)SC2=S)c1. The molecule has 4 nitrogen and oxygen atoms in total.